The Kier molecular flexibility index (Phi) is 11.0. The highest BCUT2D eigenvalue weighted by Gasteiger charge is 2.33. The molecule has 0 aromatic heterocycles. The lowest BCUT2D eigenvalue weighted by Gasteiger charge is -2.37. The van der Waals surface area contributed by atoms with Gasteiger partial charge in [0.15, 0.2) is 6.42 Å². The molecule has 0 aliphatic heterocycles. The molecule has 0 spiro atoms. The van der Waals surface area contributed by atoms with Gasteiger partial charge in [-0.05, 0) is 52.7 Å². The van der Waals surface area contributed by atoms with Crippen molar-refractivity contribution in [3.8, 4) is 0 Å². The summed E-state index contributed by atoms with van der Waals surface area (Å²) in [5.74, 6) is 0.303. The summed E-state index contributed by atoms with van der Waals surface area (Å²) in [6.07, 6.45) is -1.23. The van der Waals surface area contributed by atoms with E-state index in [0.29, 0.717) is 10.9 Å². The number of carbonyl (C=O) groups excluding carboxylic acids is 1. The van der Waals surface area contributed by atoms with Crippen molar-refractivity contribution in [2.45, 2.75) is 46.8 Å². The van der Waals surface area contributed by atoms with Crippen LogP contribution in [0.4, 0.5) is 4.79 Å². The lowest BCUT2D eigenvalue weighted by Crippen LogP contribution is -2.32. The van der Waals surface area contributed by atoms with Gasteiger partial charge in [0.1, 0.15) is 5.04 Å². The third-order valence-electron chi connectivity index (χ3n) is 3.10. The lowest BCUT2D eigenvalue weighted by molar-refractivity contribution is 0.153. The summed E-state index contributed by atoms with van der Waals surface area (Å²) in [6.45, 7) is 9.85. The molecule has 0 heterocycles. The SMILES string of the molecule is CSC(C)=NOC(=O)NCSN(C(C)C)P(=S)(OC(C)C)c1ccccc1. The second-order valence-electron chi connectivity index (χ2n) is 6.05. The Hall–Kier alpha value is -0.570. The molecule has 10 heteroatoms. The van der Waals surface area contributed by atoms with Gasteiger partial charge in [-0.3, -0.25) is 4.84 Å². The van der Waals surface area contributed by atoms with Gasteiger partial charge in [0, 0.05) is 11.3 Å². The van der Waals surface area contributed by atoms with Crippen LogP contribution in [0.15, 0.2) is 35.5 Å². The molecule has 1 amide bonds. The molecule has 1 N–H and O–H groups in total. The zero-order chi connectivity index (χ0) is 20.4. The predicted molar refractivity (Wildman–Crippen MR) is 122 cm³/mol. The number of thioether (sulfide) groups is 1. The van der Waals surface area contributed by atoms with E-state index in [1.807, 2.05) is 50.4 Å². The summed E-state index contributed by atoms with van der Waals surface area (Å²) in [6, 6.07) is 10.0. The van der Waals surface area contributed by atoms with Crippen molar-refractivity contribution in [2.24, 2.45) is 5.16 Å². The van der Waals surface area contributed by atoms with E-state index in [0.717, 1.165) is 5.30 Å². The average molecular weight is 450 g/mol. The molecule has 152 valence electrons. The van der Waals surface area contributed by atoms with Crippen LogP contribution in [-0.2, 0) is 21.2 Å². The Morgan fingerprint density at radius 2 is 1.93 bits per heavy atom. The molecule has 0 radical (unpaired) electrons. The molecule has 0 fully saturated rings. The zero-order valence-corrected chi connectivity index (χ0v) is 19.9. The van der Waals surface area contributed by atoms with Gasteiger partial charge in [0.2, 0.25) is 0 Å². The van der Waals surface area contributed by atoms with Gasteiger partial charge < -0.3 is 9.84 Å². The van der Waals surface area contributed by atoms with Gasteiger partial charge in [0.05, 0.1) is 12.0 Å². The van der Waals surface area contributed by atoms with Gasteiger partial charge in [-0.1, -0.05) is 47.4 Å². The number of benzene rings is 1. The van der Waals surface area contributed by atoms with Crippen LogP contribution in [0.25, 0.3) is 0 Å². The highest BCUT2D eigenvalue weighted by molar-refractivity contribution is 8.20. The molecule has 1 atom stereocenters. The Bertz CT molecular complexity index is 672. The maximum atomic E-state index is 11.8. The molecule has 1 rings (SSSR count). The molecule has 0 bridgehead atoms. The maximum absolute atomic E-state index is 11.8. The molecule has 27 heavy (non-hydrogen) atoms. The number of hydrogen-bond donors (Lipinski definition) is 1. The first-order valence-corrected chi connectivity index (χ1v) is 13.3. The van der Waals surface area contributed by atoms with Crippen LogP contribution in [0.3, 0.4) is 0 Å². The summed E-state index contributed by atoms with van der Waals surface area (Å²) in [7, 11) is 0. The fourth-order valence-corrected chi connectivity index (χ4v) is 7.93. The Labute approximate surface area is 176 Å². The number of carbonyl (C=O) groups is 1. The van der Waals surface area contributed by atoms with Crippen molar-refractivity contribution >= 4 is 58.4 Å². The minimum atomic E-state index is -2.48. The Balaban J connectivity index is 2.88. The van der Waals surface area contributed by atoms with Crippen molar-refractivity contribution in [2.75, 3.05) is 12.1 Å². The standard InChI is InChI=1S/C17H28N3O3PS3/c1-13(2)20(27-12-18-17(21)22-19-15(5)26-6)24(25,23-14(3)4)16-10-8-7-9-11-16/h7-11,13-14H,12H2,1-6H3,(H,18,21). The van der Waals surface area contributed by atoms with E-state index < -0.39 is 12.5 Å². The first-order chi connectivity index (χ1) is 12.7. The van der Waals surface area contributed by atoms with Crippen LogP contribution < -0.4 is 10.6 Å². The summed E-state index contributed by atoms with van der Waals surface area (Å²) in [5, 5.41) is 8.06. The third kappa shape index (κ3) is 8.13. The summed E-state index contributed by atoms with van der Waals surface area (Å²) in [5.41, 5.74) is 0. The number of nitrogens with one attached hydrogen (secondary N) is 1. The van der Waals surface area contributed by atoms with E-state index >= 15 is 0 Å². The van der Waals surface area contributed by atoms with E-state index in [1.54, 1.807) is 6.92 Å². The second kappa shape index (κ2) is 12.1. The minimum absolute atomic E-state index is 0.0142. The van der Waals surface area contributed by atoms with Gasteiger partial charge in [-0.25, -0.2) is 4.79 Å². The maximum Gasteiger partial charge on any atom is 0.434 e. The summed E-state index contributed by atoms with van der Waals surface area (Å²) in [4.78, 5) is 16.6. The van der Waals surface area contributed by atoms with Gasteiger partial charge in [-0.15, -0.1) is 11.8 Å². The molecule has 1 aromatic rings. The van der Waals surface area contributed by atoms with Crippen LogP contribution in [0.5, 0.6) is 0 Å². The summed E-state index contributed by atoms with van der Waals surface area (Å²) >= 11 is 8.89. The van der Waals surface area contributed by atoms with Crippen molar-refractivity contribution in [1.29, 1.82) is 0 Å². The topological polar surface area (TPSA) is 63.2 Å². The van der Waals surface area contributed by atoms with E-state index in [1.165, 1.54) is 23.7 Å². The largest absolute Gasteiger partial charge is 0.434 e. The first-order valence-electron chi connectivity index (χ1n) is 8.50. The number of hydrogen-bond acceptors (Lipinski definition) is 7. The molecule has 0 aliphatic carbocycles. The Morgan fingerprint density at radius 1 is 1.30 bits per heavy atom. The predicted octanol–water partition coefficient (Wildman–Crippen LogP) is 4.79. The normalized spacial score (nSPS) is 14.5. The zero-order valence-electron chi connectivity index (χ0n) is 16.5. The first kappa shape index (κ1) is 24.5. The molecular weight excluding hydrogens is 421 g/mol. The third-order valence-corrected chi connectivity index (χ3v) is 10.1. The molecule has 0 aliphatic rings. The number of oxime groups is 1. The average Bonchev–Trinajstić information content (AvgIpc) is 2.62. The molecule has 6 nitrogen and oxygen atoms in total. The molecule has 1 aromatic carbocycles. The number of amides is 1. The fraction of sp³-hybridized carbons (Fsp3) is 0.529. The summed E-state index contributed by atoms with van der Waals surface area (Å²) < 4.78 is 8.34. The highest BCUT2D eigenvalue weighted by atomic mass is 32.5. The van der Waals surface area contributed by atoms with E-state index in [4.69, 9.17) is 21.2 Å². The molecular formula is C17H28N3O3PS3. The van der Waals surface area contributed by atoms with Crippen molar-refractivity contribution < 1.29 is 14.2 Å². The lowest BCUT2D eigenvalue weighted by atomic mass is 10.4. The van der Waals surface area contributed by atoms with Crippen molar-refractivity contribution in [1.82, 2.24) is 9.39 Å². The van der Waals surface area contributed by atoms with Gasteiger partial charge in [0.25, 0.3) is 0 Å². The quantitative estimate of drug-likeness (QED) is 0.111. The molecule has 1 unspecified atom stereocenters. The molecule has 0 saturated carbocycles. The van der Waals surface area contributed by atoms with Crippen LogP contribution >= 0.6 is 30.1 Å². The van der Waals surface area contributed by atoms with Crippen LogP contribution in [0.2, 0.25) is 0 Å². The van der Waals surface area contributed by atoms with Crippen molar-refractivity contribution in [3.05, 3.63) is 30.3 Å². The van der Waals surface area contributed by atoms with E-state index in [9.17, 15) is 4.79 Å². The van der Waals surface area contributed by atoms with Crippen LogP contribution in [0.1, 0.15) is 34.6 Å². The number of rotatable bonds is 9. The monoisotopic (exact) mass is 449 g/mol. The van der Waals surface area contributed by atoms with Crippen molar-refractivity contribution in [3.63, 3.8) is 0 Å². The van der Waals surface area contributed by atoms with E-state index in [-0.39, 0.29) is 12.1 Å². The van der Waals surface area contributed by atoms with E-state index in [2.05, 4.69) is 28.4 Å². The fourth-order valence-electron chi connectivity index (χ4n) is 1.98. The molecule has 0 saturated heterocycles. The van der Waals surface area contributed by atoms with Gasteiger partial charge >= 0.3 is 6.09 Å². The van der Waals surface area contributed by atoms with Gasteiger partial charge in [-0.2, -0.15) is 4.08 Å². The minimum Gasteiger partial charge on any atom is -0.331 e. The Morgan fingerprint density at radius 3 is 2.44 bits per heavy atom. The van der Waals surface area contributed by atoms with Crippen LogP contribution in [-0.4, -0.2) is 39.5 Å². The second-order valence-corrected chi connectivity index (χ2v) is 11.9. The highest BCUT2D eigenvalue weighted by Crippen LogP contribution is 2.55. The number of nitrogens with zero attached hydrogens (tertiary/aromatic N) is 2. The smallest absolute Gasteiger partial charge is 0.331 e. The van der Waals surface area contributed by atoms with Crippen LogP contribution in [0, 0.1) is 0 Å².